The van der Waals surface area contributed by atoms with Crippen LogP contribution in [0.15, 0.2) is 42.7 Å². The van der Waals surface area contributed by atoms with Gasteiger partial charge in [0.15, 0.2) is 0 Å². The molecule has 2 N–H and O–H groups in total. The van der Waals surface area contributed by atoms with Crippen LogP contribution in [0.25, 0.3) is 0 Å². The molecule has 26 heavy (non-hydrogen) atoms. The molecular weight excluding hydrogens is 337 g/mol. The van der Waals surface area contributed by atoms with Gasteiger partial charge in [0.2, 0.25) is 5.91 Å². The van der Waals surface area contributed by atoms with Crippen LogP contribution in [0.2, 0.25) is 0 Å². The van der Waals surface area contributed by atoms with E-state index in [0.29, 0.717) is 36.6 Å². The Hall–Kier alpha value is -3.00. The fourth-order valence-electron chi connectivity index (χ4n) is 2.74. The highest BCUT2D eigenvalue weighted by Gasteiger charge is 2.21. The molecule has 0 unspecified atom stereocenters. The van der Waals surface area contributed by atoms with E-state index in [-0.39, 0.29) is 5.91 Å². The van der Waals surface area contributed by atoms with Crippen LogP contribution in [0.4, 0.5) is 20.6 Å². The number of amides is 3. The Kier molecular flexibility index (Phi) is 5.43. The van der Waals surface area contributed by atoms with Gasteiger partial charge in [-0.3, -0.25) is 14.7 Å². The summed E-state index contributed by atoms with van der Waals surface area (Å²) in [5.74, 6) is -0.401. The number of pyridine rings is 1. The average molecular weight is 357 g/mol. The van der Waals surface area contributed by atoms with Gasteiger partial charge in [0.05, 0.1) is 18.4 Å². The maximum Gasteiger partial charge on any atom is 0.323 e. The first-order chi connectivity index (χ1) is 12.5. The monoisotopic (exact) mass is 357 g/mol. The number of benzene rings is 1. The van der Waals surface area contributed by atoms with Crippen LogP contribution in [-0.2, 0) is 11.3 Å². The largest absolute Gasteiger partial charge is 0.343 e. The standard InChI is InChI=1S/C18H20FN5O2/c1-23-5-6-24(12-17(23)25)11-13-7-14(19)9-16(8-13)22-18(26)21-15-3-2-4-20-10-15/h2-4,7-10H,5-6,11-12H2,1H3,(H2,21,22,26). The molecule has 2 aromatic rings. The average Bonchev–Trinajstić information content (AvgIpc) is 2.58. The zero-order valence-corrected chi connectivity index (χ0v) is 14.4. The second kappa shape index (κ2) is 7.92. The number of halogens is 1. The summed E-state index contributed by atoms with van der Waals surface area (Å²) in [5, 5.41) is 5.24. The predicted octanol–water partition coefficient (Wildman–Crippen LogP) is 2.14. The molecule has 7 nitrogen and oxygen atoms in total. The van der Waals surface area contributed by atoms with Gasteiger partial charge in [-0.05, 0) is 35.9 Å². The number of carbonyl (C=O) groups excluding carboxylic acids is 2. The summed E-state index contributed by atoms with van der Waals surface area (Å²) in [5.41, 5.74) is 1.58. The molecular formula is C18H20FN5O2. The highest BCUT2D eigenvalue weighted by Crippen LogP contribution is 2.17. The van der Waals surface area contributed by atoms with E-state index in [2.05, 4.69) is 15.6 Å². The molecule has 1 fully saturated rings. The van der Waals surface area contributed by atoms with Crippen LogP contribution in [-0.4, -0.2) is 53.4 Å². The summed E-state index contributed by atoms with van der Waals surface area (Å²) < 4.78 is 13.9. The summed E-state index contributed by atoms with van der Waals surface area (Å²) in [4.78, 5) is 31.4. The van der Waals surface area contributed by atoms with Gasteiger partial charge < -0.3 is 15.5 Å². The Bertz CT molecular complexity index is 799. The number of rotatable bonds is 4. The molecule has 1 aromatic heterocycles. The molecule has 0 radical (unpaired) electrons. The van der Waals surface area contributed by atoms with E-state index >= 15 is 0 Å². The predicted molar refractivity (Wildman–Crippen MR) is 96.2 cm³/mol. The maximum absolute atomic E-state index is 13.9. The lowest BCUT2D eigenvalue weighted by molar-refractivity contribution is -0.134. The van der Waals surface area contributed by atoms with E-state index in [0.717, 1.165) is 6.54 Å². The third-order valence-corrected chi connectivity index (χ3v) is 4.08. The molecule has 1 saturated heterocycles. The lowest BCUT2D eigenvalue weighted by Crippen LogP contribution is -2.47. The number of likely N-dealkylation sites (N-methyl/N-ethyl adjacent to an activating group) is 1. The molecule has 3 rings (SSSR count). The summed E-state index contributed by atoms with van der Waals surface area (Å²) >= 11 is 0. The molecule has 0 spiro atoms. The zero-order chi connectivity index (χ0) is 18.5. The molecule has 1 aliphatic heterocycles. The third-order valence-electron chi connectivity index (χ3n) is 4.08. The smallest absolute Gasteiger partial charge is 0.323 e. The number of piperazine rings is 1. The second-order valence-electron chi connectivity index (χ2n) is 6.19. The van der Waals surface area contributed by atoms with E-state index in [1.165, 1.54) is 18.3 Å². The van der Waals surface area contributed by atoms with Crippen molar-refractivity contribution in [2.45, 2.75) is 6.54 Å². The van der Waals surface area contributed by atoms with Crippen LogP contribution < -0.4 is 10.6 Å². The van der Waals surface area contributed by atoms with Crippen molar-refractivity contribution >= 4 is 23.3 Å². The maximum atomic E-state index is 13.9. The fourth-order valence-corrected chi connectivity index (χ4v) is 2.74. The highest BCUT2D eigenvalue weighted by molar-refractivity contribution is 5.99. The number of nitrogens with zero attached hydrogens (tertiary/aromatic N) is 3. The quantitative estimate of drug-likeness (QED) is 0.879. The van der Waals surface area contributed by atoms with E-state index < -0.39 is 11.8 Å². The van der Waals surface area contributed by atoms with Crippen molar-refractivity contribution in [2.24, 2.45) is 0 Å². The molecule has 1 aromatic carbocycles. The van der Waals surface area contributed by atoms with Crippen molar-refractivity contribution in [2.75, 3.05) is 37.3 Å². The first kappa shape index (κ1) is 17.8. The summed E-state index contributed by atoms with van der Waals surface area (Å²) in [6.45, 7) is 2.11. The molecule has 136 valence electrons. The van der Waals surface area contributed by atoms with Crippen LogP contribution in [0.5, 0.6) is 0 Å². The molecule has 8 heteroatoms. The van der Waals surface area contributed by atoms with Gasteiger partial charge in [0, 0.05) is 38.6 Å². The Morgan fingerprint density at radius 1 is 1.23 bits per heavy atom. The van der Waals surface area contributed by atoms with Gasteiger partial charge in [-0.25, -0.2) is 9.18 Å². The van der Waals surface area contributed by atoms with E-state index in [4.69, 9.17) is 0 Å². The minimum Gasteiger partial charge on any atom is -0.343 e. The molecule has 2 heterocycles. The Morgan fingerprint density at radius 2 is 2.04 bits per heavy atom. The highest BCUT2D eigenvalue weighted by atomic mass is 19.1. The molecule has 0 saturated carbocycles. The van der Waals surface area contributed by atoms with Crippen molar-refractivity contribution in [3.05, 3.63) is 54.1 Å². The minimum absolute atomic E-state index is 0.0434. The number of anilines is 2. The van der Waals surface area contributed by atoms with Crippen LogP contribution in [0.3, 0.4) is 0 Å². The Morgan fingerprint density at radius 3 is 2.77 bits per heavy atom. The Labute approximate surface area is 150 Å². The number of urea groups is 1. The number of hydrogen-bond acceptors (Lipinski definition) is 4. The second-order valence-corrected chi connectivity index (χ2v) is 6.19. The van der Waals surface area contributed by atoms with Gasteiger partial charge in [-0.1, -0.05) is 0 Å². The third kappa shape index (κ3) is 4.76. The number of nitrogens with one attached hydrogen (secondary N) is 2. The normalized spacial score (nSPS) is 15.0. The van der Waals surface area contributed by atoms with Crippen molar-refractivity contribution in [3.8, 4) is 0 Å². The van der Waals surface area contributed by atoms with Gasteiger partial charge in [-0.2, -0.15) is 0 Å². The fraction of sp³-hybridized carbons (Fsp3) is 0.278. The van der Waals surface area contributed by atoms with Gasteiger partial charge in [-0.15, -0.1) is 0 Å². The zero-order valence-electron chi connectivity index (χ0n) is 14.4. The van der Waals surface area contributed by atoms with Crippen LogP contribution >= 0.6 is 0 Å². The molecule has 0 atom stereocenters. The molecule has 0 aliphatic carbocycles. The summed E-state index contributed by atoms with van der Waals surface area (Å²) in [6.07, 6.45) is 3.12. The summed E-state index contributed by atoms with van der Waals surface area (Å²) in [7, 11) is 1.77. The SMILES string of the molecule is CN1CCN(Cc2cc(F)cc(NC(=O)Nc3cccnc3)c2)CC1=O. The van der Waals surface area contributed by atoms with E-state index in [1.807, 2.05) is 4.90 Å². The van der Waals surface area contributed by atoms with Crippen molar-refractivity contribution in [1.29, 1.82) is 0 Å². The first-order valence-corrected chi connectivity index (χ1v) is 8.23. The van der Waals surface area contributed by atoms with Crippen molar-refractivity contribution in [3.63, 3.8) is 0 Å². The summed E-state index contributed by atoms with van der Waals surface area (Å²) in [6, 6.07) is 7.29. The van der Waals surface area contributed by atoms with Crippen molar-refractivity contribution < 1.29 is 14.0 Å². The lowest BCUT2D eigenvalue weighted by atomic mass is 10.1. The minimum atomic E-state index is -0.482. The first-order valence-electron chi connectivity index (χ1n) is 8.23. The van der Waals surface area contributed by atoms with Crippen molar-refractivity contribution in [1.82, 2.24) is 14.8 Å². The van der Waals surface area contributed by atoms with Gasteiger partial charge in [0.25, 0.3) is 0 Å². The topological polar surface area (TPSA) is 77.6 Å². The number of carbonyl (C=O) groups is 2. The van der Waals surface area contributed by atoms with E-state index in [9.17, 15) is 14.0 Å². The van der Waals surface area contributed by atoms with Crippen LogP contribution in [0.1, 0.15) is 5.56 Å². The van der Waals surface area contributed by atoms with Gasteiger partial charge >= 0.3 is 6.03 Å². The van der Waals surface area contributed by atoms with E-state index in [1.54, 1.807) is 36.3 Å². The van der Waals surface area contributed by atoms with Gasteiger partial charge in [0.1, 0.15) is 5.82 Å². The number of hydrogen-bond donors (Lipinski definition) is 2. The molecule has 3 amide bonds. The Balaban J connectivity index is 1.64. The molecule has 0 bridgehead atoms. The number of aromatic nitrogens is 1. The molecule has 1 aliphatic rings. The van der Waals surface area contributed by atoms with Crippen LogP contribution in [0, 0.1) is 5.82 Å². The lowest BCUT2D eigenvalue weighted by Gasteiger charge is -2.32.